The second kappa shape index (κ2) is 2.05. The molecule has 0 N–H and O–H groups in total. The molecule has 0 saturated heterocycles. The summed E-state index contributed by atoms with van der Waals surface area (Å²) in [7, 11) is 1.94. The Labute approximate surface area is 64.2 Å². The van der Waals surface area contributed by atoms with Crippen LogP contribution in [0.1, 0.15) is 5.69 Å². The van der Waals surface area contributed by atoms with Crippen LogP contribution in [0.15, 0.2) is 22.9 Å². The number of hydrogen-bond acceptors (Lipinski definition) is 2. The van der Waals surface area contributed by atoms with E-state index in [1.54, 1.807) is 0 Å². The van der Waals surface area contributed by atoms with Crippen molar-refractivity contribution in [2.24, 2.45) is 7.05 Å². The van der Waals surface area contributed by atoms with Gasteiger partial charge in [-0.05, 0) is 13.0 Å². The highest BCUT2D eigenvalue weighted by atomic mass is 16.5. The first kappa shape index (κ1) is 6.34. The smallest absolute Gasteiger partial charge is 0.292 e. The third-order valence-corrected chi connectivity index (χ3v) is 1.78. The van der Waals surface area contributed by atoms with Gasteiger partial charge in [-0.1, -0.05) is 5.16 Å². The minimum atomic E-state index is 0.824. The first-order valence-electron chi connectivity index (χ1n) is 3.49. The average molecular weight is 149 g/mol. The molecule has 2 aromatic heterocycles. The van der Waals surface area contributed by atoms with Gasteiger partial charge in [0, 0.05) is 6.07 Å². The molecule has 0 bridgehead atoms. The predicted octanol–water partition coefficient (Wildman–Crippen LogP) is 0.961. The maximum Gasteiger partial charge on any atom is 0.403 e. The molecule has 0 aromatic carbocycles. The highest BCUT2D eigenvalue weighted by Gasteiger charge is 2.11. The van der Waals surface area contributed by atoms with Gasteiger partial charge in [0.15, 0.2) is 6.20 Å². The second-order valence-electron chi connectivity index (χ2n) is 2.61. The Morgan fingerprint density at radius 3 is 3.09 bits per heavy atom. The third-order valence-electron chi connectivity index (χ3n) is 1.78. The molecule has 0 spiro atoms. The van der Waals surface area contributed by atoms with Crippen molar-refractivity contribution in [2.45, 2.75) is 6.92 Å². The molecule has 56 valence electrons. The zero-order chi connectivity index (χ0) is 7.84. The van der Waals surface area contributed by atoms with E-state index in [4.69, 9.17) is 4.52 Å². The fourth-order valence-corrected chi connectivity index (χ4v) is 1.15. The van der Waals surface area contributed by atoms with Gasteiger partial charge in [0.2, 0.25) is 0 Å². The summed E-state index contributed by atoms with van der Waals surface area (Å²) in [6, 6.07) is 3.98. The molecule has 0 amide bonds. The van der Waals surface area contributed by atoms with Crippen molar-refractivity contribution in [1.29, 1.82) is 0 Å². The van der Waals surface area contributed by atoms with E-state index in [9.17, 15) is 0 Å². The number of rotatable bonds is 0. The van der Waals surface area contributed by atoms with Crippen LogP contribution in [0.2, 0.25) is 0 Å². The quantitative estimate of drug-likeness (QED) is 0.522. The Morgan fingerprint density at radius 1 is 1.55 bits per heavy atom. The van der Waals surface area contributed by atoms with Crippen molar-refractivity contribution >= 4 is 11.1 Å². The van der Waals surface area contributed by atoms with Crippen LogP contribution >= 0.6 is 0 Å². The number of hydrogen-bond donors (Lipinski definition) is 0. The molecule has 0 aliphatic rings. The summed E-state index contributed by atoms with van der Waals surface area (Å²) in [4.78, 5) is 0. The molecule has 2 rings (SSSR count). The minimum absolute atomic E-state index is 0.824. The van der Waals surface area contributed by atoms with Gasteiger partial charge in [0.1, 0.15) is 12.4 Å². The van der Waals surface area contributed by atoms with E-state index in [0.29, 0.717) is 0 Å². The minimum Gasteiger partial charge on any atom is -0.292 e. The zero-order valence-corrected chi connectivity index (χ0v) is 6.53. The number of aryl methyl sites for hydroxylation is 2. The van der Waals surface area contributed by atoms with Crippen molar-refractivity contribution in [2.75, 3.05) is 0 Å². The van der Waals surface area contributed by atoms with Gasteiger partial charge in [-0.2, -0.15) is 4.57 Å². The van der Waals surface area contributed by atoms with E-state index in [1.165, 1.54) is 0 Å². The maximum atomic E-state index is 5.09. The summed E-state index contributed by atoms with van der Waals surface area (Å²) in [6.07, 6.45) is 1.94. The SMILES string of the molecule is Cc1noc2c1ccc[n+]2C. The van der Waals surface area contributed by atoms with E-state index in [1.807, 2.05) is 36.9 Å². The van der Waals surface area contributed by atoms with Gasteiger partial charge >= 0.3 is 5.71 Å². The Kier molecular flexibility index (Phi) is 1.18. The lowest BCUT2D eigenvalue weighted by atomic mass is 10.3. The lowest BCUT2D eigenvalue weighted by Gasteiger charge is -1.84. The summed E-state index contributed by atoms with van der Waals surface area (Å²) in [6.45, 7) is 1.94. The van der Waals surface area contributed by atoms with Crippen molar-refractivity contribution in [3.05, 3.63) is 24.0 Å². The molecule has 3 nitrogen and oxygen atoms in total. The molecule has 0 saturated carbocycles. The molecule has 0 aliphatic carbocycles. The molecule has 2 heterocycles. The van der Waals surface area contributed by atoms with Crippen LogP contribution in [0.4, 0.5) is 0 Å². The first-order valence-corrected chi connectivity index (χ1v) is 3.49. The molecule has 0 aliphatic heterocycles. The monoisotopic (exact) mass is 149 g/mol. The lowest BCUT2D eigenvalue weighted by molar-refractivity contribution is -0.652. The zero-order valence-electron chi connectivity index (χ0n) is 6.53. The van der Waals surface area contributed by atoms with E-state index in [-0.39, 0.29) is 0 Å². The normalized spacial score (nSPS) is 10.7. The van der Waals surface area contributed by atoms with Crippen molar-refractivity contribution < 1.29 is 9.09 Å². The van der Waals surface area contributed by atoms with E-state index in [2.05, 4.69) is 5.16 Å². The third kappa shape index (κ3) is 0.808. The average Bonchev–Trinajstić information content (AvgIpc) is 2.35. The lowest BCUT2D eigenvalue weighted by Crippen LogP contribution is -2.27. The number of fused-ring (bicyclic) bond motifs is 1. The van der Waals surface area contributed by atoms with Crippen LogP contribution in [-0.2, 0) is 7.05 Å². The highest BCUT2D eigenvalue weighted by Crippen LogP contribution is 2.11. The fraction of sp³-hybridized carbons (Fsp3) is 0.250. The van der Waals surface area contributed by atoms with Crippen LogP contribution in [-0.4, -0.2) is 5.16 Å². The van der Waals surface area contributed by atoms with Gasteiger partial charge in [0.05, 0.1) is 5.69 Å². The molecule has 3 heteroatoms. The number of nitrogens with zero attached hydrogens (tertiary/aromatic N) is 2. The van der Waals surface area contributed by atoms with Crippen molar-refractivity contribution in [3.8, 4) is 0 Å². The van der Waals surface area contributed by atoms with Crippen molar-refractivity contribution in [3.63, 3.8) is 0 Å². The molecule has 0 unspecified atom stereocenters. The van der Waals surface area contributed by atoms with Crippen LogP contribution in [0.25, 0.3) is 11.1 Å². The summed E-state index contributed by atoms with van der Waals surface area (Å²) >= 11 is 0. The Balaban J connectivity index is 2.94. The van der Waals surface area contributed by atoms with Crippen LogP contribution in [0, 0.1) is 6.92 Å². The Bertz CT molecular complexity index is 392. The summed E-state index contributed by atoms with van der Waals surface area (Å²) in [5.74, 6) is 0. The summed E-state index contributed by atoms with van der Waals surface area (Å²) < 4.78 is 7.00. The largest absolute Gasteiger partial charge is 0.403 e. The molecule has 0 radical (unpaired) electrons. The molecular weight excluding hydrogens is 140 g/mol. The van der Waals surface area contributed by atoms with E-state index in [0.717, 1.165) is 16.8 Å². The van der Waals surface area contributed by atoms with Gasteiger partial charge < -0.3 is 0 Å². The predicted molar refractivity (Wildman–Crippen MR) is 39.9 cm³/mol. The highest BCUT2D eigenvalue weighted by molar-refractivity contribution is 5.72. The molecule has 2 aromatic rings. The van der Waals surface area contributed by atoms with E-state index >= 15 is 0 Å². The Morgan fingerprint density at radius 2 is 2.36 bits per heavy atom. The second-order valence-corrected chi connectivity index (χ2v) is 2.61. The van der Waals surface area contributed by atoms with Crippen LogP contribution in [0.3, 0.4) is 0 Å². The standard InChI is InChI=1S/C8H9N2O/c1-6-7-4-3-5-10(2)8(7)11-9-6/h3-5H,1-2H3/q+1. The fourth-order valence-electron chi connectivity index (χ4n) is 1.15. The van der Waals surface area contributed by atoms with Gasteiger partial charge in [-0.3, -0.25) is 4.52 Å². The topological polar surface area (TPSA) is 29.9 Å². The summed E-state index contributed by atoms with van der Waals surface area (Å²) in [5, 5.41) is 4.94. The molecule has 11 heavy (non-hydrogen) atoms. The first-order chi connectivity index (χ1) is 5.29. The van der Waals surface area contributed by atoms with Gasteiger partial charge in [0.25, 0.3) is 0 Å². The number of pyridine rings is 1. The van der Waals surface area contributed by atoms with Gasteiger partial charge in [-0.25, -0.2) is 0 Å². The van der Waals surface area contributed by atoms with Crippen LogP contribution < -0.4 is 4.57 Å². The van der Waals surface area contributed by atoms with Gasteiger partial charge in [-0.15, -0.1) is 0 Å². The maximum absolute atomic E-state index is 5.09. The van der Waals surface area contributed by atoms with Crippen LogP contribution in [0.5, 0.6) is 0 Å². The van der Waals surface area contributed by atoms with E-state index < -0.39 is 0 Å². The number of aromatic nitrogens is 2. The molecular formula is C8H9N2O+. The molecule has 0 atom stereocenters. The molecule has 0 fully saturated rings. The summed E-state index contributed by atoms with van der Waals surface area (Å²) in [5.41, 5.74) is 1.77. The Hall–Kier alpha value is -1.38. The van der Waals surface area contributed by atoms with Crippen molar-refractivity contribution in [1.82, 2.24) is 5.16 Å².